The van der Waals surface area contributed by atoms with Gasteiger partial charge in [0, 0.05) is 19.2 Å². The molecule has 3 heteroatoms. The fraction of sp³-hybridized carbons (Fsp3) is 0.286. The Balaban J connectivity index is 1.49. The molecule has 0 aliphatic carbocycles. The zero-order chi connectivity index (χ0) is 16.8. The van der Waals surface area contributed by atoms with Crippen LogP contribution < -0.4 is 0 Å². The van der Waals surface area contributed by atoms with Crippen LogP contribution in [0.1, 0.15) is 24.0 Å². The molecule has 3 nitrogen and oxygen atoms in total. The SMILES string of the molecule is O=C(C=Cc1ccc(O)cc1)N1CCC(Cc2ccccc2)CC1. The van der Waals surface area contributed by atoms with E-state index in [0.717, 1.165) is 37.9 Å². The minimum atomic E-state index is 0.0706. The number of piperidine rings is 1. The van der Waals surface area contributed by atoms with Crippen molar-refractivity contribution in [3.63, 3.8) is 0 Å². The molecule has 3 rings (SSSR count). The Kier molecular flexibility index (Phi) is 5.32. The Morgan fingerprint density at radius 3 is 2.38 bits per heavy atom. The number of hydrogen-bond donors (Lipinski definition) is 1. The van der Waals surface area contributed by atoms with Crippen LogP contribution in [0.15, 0.2) is 60.7 Å². The van der Waals surface area contributed by atoms with Crippen molar-refractivity contribution >= 4 is 12.0 Å². The molecule has 0 spiro atoms. The van der Waals surface area contributed by atoms with Crippen LogP contribution in [0.25, 0.3) is 6.08 Å². The number of rotatable bonds is 4. The van der Waals surface area contributed by atoms with Crippen molar-refractivity contribution < 1.29 is 9.90 Å². The number of phenolic OH excluding ortho intramolecular Hbond substituents is 1. The van der Waals surface area contributed by atoms with E-state index < -0.39 is 0 Å². The largest absolute Gasteiger partial charge is 0.508 e. The first-order valence-electron chi connectivity index (χ1n) is 8.50. The molecule has 1 aliphatic heterocycles. The van der Waals surface area contributed by atoms with Gasteiger partial charge < -0.3 is 10.0 Å². The zero-order valence-corrected chi connectivity index (χ0v) is 13.8. The van der Waals surface area contributed by atoms with Crippen molar-refractivity contribution in [1.29, 1.82) is 0 Å². The summed E-state index contributed by atoms with van der Waals surface area (Å²) in [4.78, 5) is 14.2. The number of nitrogens with zero attached hydrogens (tertiary/aromatic N) is 1. The van der Waals surface area contributed by atoms with E-state index in [1.807, 2.05) is 11.0 Å². The Hall–Kier alpha value is -2.55. The van der Waals surface area contributed by atoms with E-state index in [2.05, 4.69) is 24.3 Å². The smallest absolute Gasteiger partial charge is 0.246 e. The molecule has 0 radical (unpaired) electrons. The van der Waals surface area contributed by atoms with Gasteiger partial charge in [-0.3, -0.25) is 4.79 Å². The van der Waals surface area contributed by atoms with Crippen LogP contribution in [0, 0.1) is 5.92 Å². The van der Waals surface area contributed by atoms with Crippen LogP contribution >= 0.6 is 0 Å². The van der Waals surface area contributed by atoms with Crippen molar-refractivity contribution in [3.8, 4) is 5.75 Å². The average molecular weight is 321 g/mol. The summed E-state index contributed by atoms with van der Waals surface area (Å²) in [6, 6.07) is 17.4. The molecule has 0 aromatic heterocycles. The van der Waals surface area contributed by atoms with E-state index in [0.29, 0.717) is 5.92 Å². The molecular formula is C21H23NO2. The van der Waals surface area contributed by atoms with E-state index in [-0.39, 0.29) is 11.7 Å². The van der Waals surface area contributed by atoms with Gasteiger partial charge in [0.25, 0.3) is 0 Å². The molecule has 1 saturated heterocycles. The van der Waals surface area contributed by atoms with Crippen LogP contribution in [-0.2, 0) is 11.2 Å². The number of likely N-dealkylation sites (tertiary alicyclic amines) is 1. The summed E-state index contributed by atoms with van der Waals surface area (Å²) in [6.45, 7) is 1.66. The molecule has 1 fully saturated rings. The first kappa shape index (κ1) is 16.3. The second-order valence-electron chi connectivity index (χ2n) is 6.38. The lowest BCUT2D eigenvalue weighted by molar-refractivity contribution is -0.127. The molecule has 124 valence electrons. The lowest BCUT2D eigenvalue weighted by Crippen LogP contribution is -2.37. The van der Waals surface area contributed by atoms with Gasteiger partial charge in [-0.1, -0.05) is 42.5 Å². The van der Waals surface area contributed by atoms with Gasteiger partial charge in [-0.15, -0.1) is 0 Å². The lowest BCUT2D eigenvalue weighted by atomic mass is 9.90. The quantitative estimate of drug-likeness (QED) is 0.868. The Morgan fingerprint density at radius 1 is 1.04 bits per heavy atom. The van der Waals surface area contributed by atoms with Crippen molar-refractivity contribution in [2.24, 2.45) is 5.92 Å². The maximum absolute atomic E-state index is 12.3. The second-order valence-corrected chi connectivity index (χ2v) is 6.38. The van der Waals surface area contributed by atoms with Crippen LogP contribution in [0.2, 0.25) is 0 Å². The van der Waals surface area contributed by atoms with Crippen LogP contribution in [0.4, 0.5) is 0 Å². The molecule has 0 atom stereocenters. The Labute approximate surface area is 143 Å². The Bertz CT molecular complexity index is 684. The van der Waals surface area contributed by atoms with Gasteiger partial charge in [0.1, 0.15) is 5.75 Å². The van der Waals surface area contributed by atoms with Crippen molar-refractivity contribution in [3.05, 3.63) is 71.8 Å². The summed E-state index contributed by atoms with van der Waals surface area (Å²) in [5.74, 6) is 0.970. The number of benzene rings is 2. The number of carbonyl (C=O) groups excluding carboxylic acids is 1. The summed E-state index contributed by atoms with van der Waals surface area (Å²) < 4.78 is 0. The molecule has 24 heavy (non-hydrogen) atoms. The molecule has 1 N–H and O–H groups in total. The second kappa shape index (κ2) is 7.82. The van der Waals surface area contributed by atoms with Crippen LogP contribution in [0.5, 0.6) is 5.75 Å². The Morgan fingerprint density at radius 2 is 1.71 bits per heavy atom. The fourth-order valence-corrected chi connectivity index (χ4v) is 3.16. The van der Waals surface area contributed by atoms with E-state index >= 15 is 0 Å². The number of hydrogen-bond acceptors (Lipinski definition) is 2. The third-order valence-electron chi connectivity index (χ3n) is 4.60. The molecule has 2 aromatic carbocycles. The zero-order valence-electron chi connectivity index (χ0n) is 13.8. The molecule has 1 aliphatic rings. The third kappa shape index (κ3) is 4.48. The first-order chi connectivity index (χ1) is 11.7. The predicted molar refractivity (Wildman–Crippen MR) is 96.6 cm³/mol. The minimum absolute atomic E-state index is 0.0706. The fourth-order valence-electron chi connectivity index (χ4n) is 3.16. The van der Waals surface area contributed by atoms with E-state index in [1.54, 1.807) is 36.4 Å². The van der Waals surface area contributed by atoms with Gasteiger partial charge >= 0.3 is 0 Å². The molecule has 1 amide bonds. The summed E-state index contributed by atoms with van der Waals surface area (Å²) in [5, 5.41) is 9.27. The molecule has 0 bridgehead atoms. The molecule has 1 heterocycles. The van der Waals surface area contributed by atoms with Crippen LogP contribution in [-0.4, -0.2) is 29.0 Å². The highest BCUT2D eigenvalue weighted by Crippen LogP contribution is 2.22. The number of carbonyl (C=O) groups is 1. The molecule has 0 saturated carbocycles. The van der Waals surface area contributed by atoms with Gasteiger partial charge in [0.15, 0.2) is 0 Å². The number of aromatic hydroxyl groups is 1. The van der Waals surface area contributed by atoms with Crippen molar-refractivity contribution in [1.82, 2.24) is 4.90 Å². The topological polar surface area (TPSA) is 40.5 Å². The molecular weight excluding hydrogens is 298 g/mol. The monoisotopic (exact) mass is 321 g/mol. The normalized spacial score (nSPS) is 15.8. The summed E-state index contributed by atoms with van der Waals surface area (Å²) >= 11 is 0. The molecule has 2 aromatic rings. The summed E-state index contributed by atoms with van der Waals surface area (Å²) in [7, 11) is 0. The van der Waals surface area contributed by atoms with Gasteiger partial charge in [-0.2, -0.15) is 0 Å². The maximum atomic E-state index is 12.3. The van der Waals surface area contributed by atoms with Gasteiger partial charge in [-0.25, -0.2) is 0 Å². The van der Waals surface area contributed by atoms with Crippen molar-refractivity contribution in [2.75, 3.05) is 13.1 Å². The highest BCUT2D eigenvalue weighted by Gasteiger charge is 2.21. The van der Waals surface area contributed by atoms with Crippen LogP contribution in [0.3, 0.4) is 0 Å². The minimum Gasteiger partial charge on any atom is -0.508 e. The van der Waals surface area contributed by atoms with E-state index in [9.17, 15) is 9.90 Å². The van der Waals surface area contributed by atoms with Gasteiger partial charge in [0.05, 0.1) is 0 Å². The first-order valence-corrected chi connectivity index (χ1v) is 8.50. The predicted octanol–water partition coefficient (Wildman–Crippen LogP) is 3.89. The van der Waals surface area contributed by atoms with E-state index in [4.69, 9.17) is 0 Å². The van der Waals surface area contributed by atoms with Crippen molar-refractivity contribution in [2.45, 2.75) is 19.3 Å². The lowest BCUT2D eigenvalue weighted by Gasteiger charge is -2.31. The summed E-state index contributed by atoms with van der Waals surface area (Å²) in [6.07, 6.45) is 6.66. The van der Waals surface area contributed by atoms with E-state index in [1.165, 1.54) is 5.56 Å². The standard InChI is InChI=1S/C21H23NO2/c23-20-9-6-17(7-10-20)8-11-21(24)22-14-12-19(13-15-22)16-18-4-2-1-3-5-18/h1-11,19,23H,12-16H2. The molecule has 0 unspecified atom stereocenters. The summed E-state index contributed by atoms with van der Waals surface area (Å²) in [5.41, 5.74) is 2.30. The maximum Gasteiger partial charge on any atom is 0.246 e. The third-order valence-corrected chi connectivity index (χ3v) is 4.60. The van der Waals surface area contributed by atoms with Gasteiger partial charge in [-0.05, 0) is 54.5 Å². The number of phenols is 1. The highest BCUT2D eigenvalue weighted by atomic mass is 16.3. The average Bonchev–Trinajstić information content (AvgIpc) is 2.62. The number of amides is 1. The van der Waals surface area contributed by atoms with Gasteiger partial charge in [0.2, 0.25) is 5.91 Å². The highest BCUT2D eigenvalue weighted by molar-refractivity contribution is 5.91.